The molecule has 0 bridgehead atoms. The molecule has 0 heterocycles. The fourth-order valence-electron chi connectivity index (χ4n) is 1.57. The van der Waals surface area contributed by atoms with E-state index in [0.717, 1.165) is 12.8 Å². The summed E-state index contributed by atoms with van der Waals surface area (Å²) >= 11 is 0. The minimum Gasteiger partial charge on any atom is -0.393 e. The number of aliphatic hydroxyl groups is 1. The molecule has 1 atom stereocenters. The topological polar surface area (TPSA) is 20.2 Å². The average molecular weight is 206 g/mol. The third-order valence-electron chi connectivity index (χ3n) is 2.64. The highest BCUT2D eigenvalue weighted by molar-refractivity contribution is 5.28. The van der Waals surface area contributed by atoms with Crippen LogP contribution in [-0.4, -0.2) is 11.2 Å². The molecular formula is C14H22O. The van der Waals surface area contributed by atoms with Crippen molar-refractivity contribution < 1.29 is 5.11 Å². The lowest BCUT2D eigenvalue weighted by atomic mass is 9.86. The molecule has 1 N–H and O–H groups in total. The highest BCUT2D eigenvalue weighted by atomic mass is 16.3. The van der Waals surface area contributed by atoms with Crippen molar-refractivity contribution in [3.63, 3.8) is 0 Å². The summed E-state index contributed by atoms with van der Waals surface area (Å²) in [5.74, 6) is 0. The molecule has 1 aromatic rings. The molecule has 0 aromatic heterocycles. The molecule has 1 rings (SSSR count). The number of hydrogen-bond acceptors (Lipinski definition) is 1. The maximum atomic E-state index is 9.24. The molecule has 15 heavy (non-hydrogen) atoms. The van der Waals surface area contributed by atoms with Gasteiger partial charge in [0.15, 0.2) is 0 Å². The minimum atomic E-state index is -0.205. The number of rotatable bonds is 3. The molecule has 0 amide bonds. The zero-order valence-electron chi connectivity index (χ0n) is 10.2. The van der Waals surface area contributed by atoms with E-state index < -0.39 is 0 Å². The van der Waals surface area contributed by atoms with Gasteiger partial charge in [-0.1, -0.05) is 45.0 Å². The molecule has 0 aliphatic heterocycles. The number of aliphatic hydroxyl groups excluding tert-OH is 1. The van der Waals surface area contributed by atoms with E-state index in [-0.39, 0.29) is 11.5 Å². The van der Waals surface area contributed by atoms with E-state index in [1.807, 2.05) is 6.92 Å². The molecule has 84 valence electrons. The first kappa shape index (κ1) is 12.3. The molecule has 1 heteroatoms. The molecule has 1 nitrogen and oxygen atoms in total. The first-order valence-corrected chi connectivity index (χ1v) is 5.67. The van der Waals surface area contributed by atoms with Gasteiger partial charge in [0, 0.05) is 0 Å². The fourth-order valence-corrected chi connectivity index (χ4v) is 1.57. The smallest absolute Gasteiger partial charge is 0.0515 e. The summed E-state index contributed by atoms with van der Waals surface area (Å²) in [4.78, 5) is 0. The predicted molar refractivity (Wildman–Crippen MR) is 65.1 cm³/mol. The van der Waals surface area contributed by atoms with Gasteiger partial charge in [-0.25, -0.2) is 0 Å². The summed E-state index contributed by atoms with van der Waals surface area (Å²) in [6.07, 6.45) is 1.60. The van der Waals surface area contributed by atoms with Crippen LogP contribution >= 0.6 is 0 Å². The first-order chi connectivity index (χ1) is 6.89. The van der Waals surface area contributed by atoms with Crippen molar-refractivity contribution in [3.05, 3.63) is 35.4 Å². The normalized spacial score (nSPS) is 13.9. The number of hydrogen-bond donors (Lipinski definition) is 1. The molecule has 0 aliphatic rings. The quantitative estimate of drug-likeness (QED) is 0.804. The van der Waals surface area contributed by atoms with E-state index in [1.54, 1.807) is 0 Å². The molecule has 1 aromatic carbocycles. The van der Waals surface area contributed by atoms with Gasteiger partial charge in [0.05, 0.1) is 6.10 Å². The predicted octanol–water partition coefficient (Wildman–Crippen LogP) is 3.30. The zero-order chi connectivity index (χ0) is 11.5. The van der Waals surface area contributed by atoms with E-state index >= 15 is 0 Å². The largest absolute Gasteiger partial charge is 0.393 e. The Hall–Kier alpha value is -0.820. The van der Waals surface area contributed by atoms with Gasteiger partial charge in [-0.2, -0.15) is 0 Å². The van der Waals surface area contributed by atoms with Crippen LogP contribution in [0.2, 0.25) is 0 Å². The Bertz CT molecular complexity index is 307. The van der Waals surface area contributed by atoms with E-state index in [2.05, 4.69) is 45.0 Å². The van der Waals surface area contributed by atoms with Gasteiger partial charge in [0.25, 0.3) is 0 Å². The highest BCUT2D eigenvalue weighted by Crippen LogP contribution is 2.23. The zero-order valence-corrected chi connectivity index (χ0v) is 10.2. The van der Waals surface area contributed by atoms with Crippen LogP contribution in [0.25, 0.3) is 0 Å². The van der Waals surface area contributed by atoms with Crippen molar-refractivity contribution in [2.45, 2.75) is 52.1 Å². The van der Waals surface area contributed by atoms with Gasteiger partial charge in [-0.3, -0.25) is 0 Å². The second kappa shape index (κ2) is 4.80. The molecule has 0 saturated heterocycles. The number of aryl methyl sites for hydroxylation is 1. The van der Waals surface area contributed by atoms with Crippen LogP contribution in [0, 0.1) is 0 Å². The minimum absolute atomic E-state index is 0.205. The van der Waals surface area contributed by atoms with Crippen molar-refractivity contribution in [2.24, 2.45) is 0 Å². The Morgan fingerprint density at radius 2 is 1.93 bits per heavy atom. The Labute approximate surface area is 93.1 Å². The van der Waals surface area contributed by atoms with Crippen molar-refractivity contribution in [1.82, 2.24) is 0 Å². The summed E-state index contributed by atoms with van der Waals surface area (Å²) in [5, 5.41) is 9.24. The summed E-state index contributed by atoms with van der Waals surface area (Å²) in [6.45, 7) is 8.51. The van der Waals surface area contributed by atoms with Gasteiger partial charge in [0.1, 0.15) is 0 Å². The monoisotopic (exact) mass is 206 g/mol. The Morgan fingerprint density at radius 3 is 2.47 bits per heavy atom. The standard InChI is InChI=1S/C14H22O/c1-11(15)8-9-12-6-5-7-13(10-12)14(2,3)4/h5-7,10-11,15H,8-9H2,1-4H3/t11-/m1/s1. The van der Waals surface area contributed by atoms with Crippen molar-refractivity contribution in [2.75, 3.05) is 0 Å². The van der Waals surface area contributed by atoms with Gasteiger partial charge in [-0.15, -0.1) is 0 Å². The lowest BCUT2D eigenvalue weighted by molar-refractivity contribution is 0.185. The van der Waals surface area contributed by atoms with Gasteiger partial charge >= 0.3 is 0 Å². The van der Waals surface area contributed by atoms with Crippen LogP contribution in [0.5, 0.6) is 0 Å². The lowest BCUT2D eigenvalue weighted by Crippen LogP contribution is -2.11. The SMILES string of the molecule is C[C@@H](O)CCc1cccc(C(C)(C)C)c1. The fraction of sp³-hybridized carbons (Fsp3) is 0.571. The van der Waals surface area contributed by atoms with Gasteiger partial charge < -0.3 is 5.11 Å². The summed E-state index contributed by atoms with van der Waals surface area (Å²) < 4.78 is 0. The molecule has 0 spiro atoms. The maximum Gasteiger partial charge on any atom is 0.0515 e. The summed E-state index contributed by atoms with van der Waals surface area (Å²) in [6, 6.07) is 8.67. The molecule has 0 aliphatic carbocycles. The third kappa shape index (κ3) is 4.05. The highest BCUT2D eigenvalue weighted by Gasteiger charge is 2.13. The third-order valence-corrected chi connectivity index (χ3v) is 2.64. The van der Waals surface area contributed by atoms with Crippen molar-refractivity contribution in [1.29, 1.82) is 0 Å². The average Bonchev–Trinajstić information content (AvgIpc) is 2.14. The Balaban J connectivity index is 2.75. The van der Waals surface area contributed by atoms with Gasteiger partial charge in [0.2, 0.25) is 0 Å². The van der Waals surface area contributed by atoms with Crippen LogP contribution in [0.4, 0.5) is 0 Å². The van der Waals surface area contributed by atoms with E-state index in [9.17, 15) is 5.11 Å². The van der Waals surface area contributed by atoms with Crippen LogP contribution in [-0.2, 0) is 11.8 Å². The lowest BCUT2D eigenvalue weighted by Gasteiger charge is -2.19. The van der Waals surface area contributed by atoms with E-state index in [4.69, 9.17) is 0 Å². The second-order valence-corrected chi connectivity index (χ2v) is 5.34. The second-order valence-electron chi connectivity index (χ2n) is 5.34. The molecule has 0 unspecified atom stereocenters. The molecule has 0 saturated carbocycles. The first-order valence-electron chi connectivity index (χ1n) is 5.67. The Morgan fingerprint density at radius 1 is 1.27 bits per heavy atom. The van der Waals surface area contributed by atoms with Crippen LogP contribution in [0.15, 0.2) is 24.3 Å². The summed E-state index contributed by atoms with van der Waals surface area (Å²) in [7, 11) is 0. The molecular weight excluding hydrogens is 184 g/mol. The van der Waals surface area contributed by atoms with Crippen LogP contribution < -0.4 is 0 Å². The van der Waals surface area contributed by atoms with Crippen LogP contribution in [0.1, 0.15) is 45.2 Å². The van der Waals surface area contributed by atoms with E-state index in [1.165, 1.54) is 11.1 Å². The number of benzene rings is 1. The summed E-state index contributed by atoms with van der Waals surface area (Å²) in [5.41, 5.74) is 2.90. The van der Waals surface area contributed by atoms with Crippen molar-refractivity contribution >= 4 is 0 Å². The van der Waals surface area contributed by atoms with Gasteiger partial charge in [-0.05, 0) is 36.3 Å². The Kier molecular flexibility index (Phi) is 3.92. The molecule has 0 radical (unpaired) electrons. The van der Waals surface area contributed by atoms with Crippen LogP contribution in [0.3, 0.4) is 0 Å². The van der Waals surface area contributed by atoms with E-state index in [0.29, 0.717) is 0 Å². The maximum absolute atomic E-state index is 9.24. The molecule has 0 fully saturated rings. The van der Waals surface area contributed by atoms with Crippen molar-refractivity contribution in [3.8, 4) is 0 Å².